The van der Waals surface area contributed by atoms with Crippen molar-refractivity contribution >= 4 is 0 Å². The first-order valence-electron chi connectivity index (χ1n) is 7.89. The lowest BCUT2D eigenvalue weighted by molar-refractivity contribution is 0.169. The van der Waals surface area contributed by atoms with Gasteiger partial charge in [-0.15, -0.1) is 0 Å². The van der Waals surface area contributed by atoms with Gasteiger partial charge in [0.2, 0.25) is 0 Å². The molecule has 0 spiro atoms. The lowest BCUT2D eigenvalue weighted by Crippen LogP contribution is -2.33. The fourth-order valence-electron chi connectivity index (χ4n) is 5.33. The second kappa shape index (κ2) is 3.86. The minimum absolute atomic E-state index is 0.337. The van der Waals surface area contributed by atoms with Crippen molar-refractivity contribution < 1.29 is 0 Å². The molecular weight excluding hydrogens is 218 g/mol. The summed E-state index contributed by atoms with van der Waals surface area (Å²) in [5.41, 5.74) is 3.62. The largest absolute Gasteiger partial charge is 0.198 e. The van der Waals surface area contributed by atoms with Crippen LogP contribution in [0, 0.1) is 46.8 Å². The zero-order valence-corrected chi connectivity index (χ0v) is 11.4. The highest BCUT2D eigenvalue weighted by molar-refractivity contribution is 5.34. The number of nitrogens with zero attached hydrogens (tertiary/aromatic N) is 1. The summed E-state index contributed by atoms with van der Waals surface area (Å²) < 4.78 is 0. The van der Waals surface area contributed by atoms with E-state index in [-0.39, 0.29) is 0 Å². The highest BCUT2D eigenvalue weighted by Crippen LogP contribution is 2.64. The lowest BCUT2D eigenvalue weighted by atomic mass is 9.62. The third-order valence-corrected chi connectivity index (χ3v) is 6.27. The van der Waals surface area contributed by atoms with Gasteiger partial charge in [-0.1, -0.05) is 24.5 Å². The summed E-state index contributed by atoms with van der Waals surface area (Å²) in [5.74, 6) is 5.20. The molecule has 0 radical (unpaired) electrons. The summed E-state index contributed by atoms with van der Waals surface area (Å²) in [6, 6.07) is 2.52. The van der Waals surface area contributed by atoms with Crippen LogP contribution in [0.2, 0.25) is 0 Å². The van der Waals surface area contributed by atoms with Crippen molar-refractivity contribution in [1.82, 2.24) is 0 Å². The zero-order chi connectivity index (χ0) is 12.3. The van der Waals surface area contributed by atoms with Gasteiger partial charge in [-0.3, -0.25) is 0 Å². The van der Waals surface area contributed by atoms with Crippen molar-refractivity contribution in [2.45, 2.75) is 51.9 Å². The van der Waals surface area contributed by atoms with Gasteiger partial charge in [0.15, 0.2) is 0 Å². The standard InChI is InChI=1S/C17H23N/c1-10-2-4-12-13-5-3-11(9-18)7-15(13)17-8-16(17)14(12)6-10/h10-12,14,16-17H,2-8H2,1H3. The molecule has 6 unspecified atom stereocenters. The van der Waals surface area contributed by atoms with Gasteiger partial charge in [0.1, 0.15) is 0 Å². The van der Waals surface area contributed by atoms with Gasteiger partial charge in [-0.25, -0.2) is 0 Å². The van der Waals surface area contributed by atoms with Crippen LogP contribution in [-0.2, 0) is 0 Å². The first kappa shape index (κ1) is 11.1. The van der Waals surface area contributed by atoms with Crippen molar-refractivity contribution in [3.8, 4) is 6.07 Å². The molecule has 18 heavy (non-hydrogen) atoms. The Morgan fingerprint density at radius 1 is 1.00 bits per heavy atom. The summed E-state index contributed by atoms with van der Waals surface area (Å²) in [7, 11) is 0. The quantitative estimate of drug-likeness (QED) is 0.580. The summed E-state index contributed by atoms with van der Waals surface area (Å²) in [5, 5.41) is 9.18. The molecule has 0 heterocycles. The van der Waals surface area contributed by atoms with E-state index in [4.69, 9.17) is 0 Å². The van der Waals surface area contributed by atoms with Crippen molar-refractivity contribution in [3.05, 3.63) is 11.1 Å². The van der Waals surface area contributed by atoms with Crippen LogP contribution < -0.4 is 0 Å². The molecule has 2 saturated carbocycles. The van der Waals surface area contributed by atoms with E-state index in [0.717, 1.165) is 42.4 Å². The molecule has 0 aliphatic heterocycles. The lowest BCUT2D eigenvalue weighted by Gasteiger charge is -2.43. The molecule has 6 atom stereocenters. The van der Waals surface area contributed by atoms with Gasteiger partial charge in [0.25, 0.3) is 0 Å². The minimum Gasteiger partial charge on any atom is -0.198 e. The van der Waals surface area contributed by atoms with E-state index in [1.54, 1.807) is 5.57 Å². The molecule has 1 heteroatoms. The smallest absolute Gasteiger partial charge is 0.0659 e. The normalized spacial score (nSPS) is 49.8. The van der Waals surface area contributed by atoms with Crippen LogP contribution in [0.4, 0.5) is 0 Å². The average molecular weight is 241 g/mol. The Labute approximate surface area is 110 Å². The monoisotopic (exact) mass is 241 g/mol. The maximum Gasteiger partial charge on any atom is 0.0659 e. The maximum absolute atomic E-state index is 9.18. The second-order valence-electron chi connectivity index (χ2n) is 7.31. The minimum atomic E-state index is 0.337. The Kier molecular flexibility index (Phi) is 2.38. The number of nitriles is 1. The molecule has 0 aromatic rings. The number of hydrogen-bond donors (Lipinski definition) is 0. The fraction of sp³-hybridized carbons (Fsp3) is 0.824. The summed E-state index contributed by atoms with van der Waals surface area (Å²) in [6.45, 7) is 2.45. The van der Waals surface area contributed by atoms with E-state index in [9.17, 15) is 5.26 Å². The molecule has 1 nitrogen and oxygen atoms in total. The van der Waals surface area contributed by atoms with E-state index >= 15 is 0 Å². The maximum atomic E-state index is 9.18. The Morgan fingerprint density at radius 3 is 2.67 bits per heavy atom. The third kappa shape index (κ3) is 1.51. The van der Waals surface area contributed by atoms with E-state index in [0.29, 0.717) is 5.92 Å². The number of allylic oxidation sites excluding steroid dienone is 2. The average Bonchev–Trinajstić information content (AvgIpc) is 3.19. The predicted octanol–water partition coefficient (Wildman–Crippen LogP) is 4.31. The highest BCUT2D eigenvalue weighted by Gasteiger charge is 2.54. The summed E-state index contributed by atoms with van der Waals surface area (Å²) in [4.78, 5) is 0. The van der Waals surface area contributed by atoms with E-state index in [1.165, 1.54) is 32.1 Å². The predicted molar refractivity (Wildman–Crippen MR) is 71.6 cm³/mol. The molecule has 0 amide bonds. The molecule has 96 valence electrons. The van der Waals surface area contributed by atoms with Crippen LogP contribution in [0.1, 0.15) is 51.9 Å². The van der Waals surface area contributed by atoms with Gasteiger partial charge in [-0.05, 0) is 68.1 Å². The second-order valence-corrected chi connectivity index (χ2v) is 7.31. The Balaban J connectivity index is 1.66. The fourth-order valence-corrected chi connectivity index (χ4v) is 5.33. The van der Waals surface area contributed by atoms with Crippen LogP contribution in [-0.4, -0.2) is 0 Å². The topological polar surface area (TPSA) is 23.8 Å². The summed E-state index contributed by atoms with van der Waals surface area (Å²) >= 11 is 0. The van der Waals surface area contributed by atoms with E-state index in [2.05, 4.69) is 13.0 Å². The first-order valence-corrected chi connectivity index (χ1v) is 7.89. The highest BCUT2D eigenvalue weighted by atomic mass is 14.6. The van der Waals surface area contributed by atoms with Crippen molar-refractivity contribution in [2.24, 2.45) is 35.5 Å². The Bertz CT molecular complexity index is 441. The Hall–Kier alpha value is -0.770. The molecule has 0 saturated heterocycles. The molecule has 0 aromatic carbocycles. The molecule has 4 rings (SSSR count). The number of rotatable bonds is 0. The van der Waals surface area contributed by atoms with Gasteiger partial charge < -0.3 is 0 Å². The summed E-state index contributed by atoms with van der Waals surface area (Å²) in [6.07, 6.45) is 9.38. The van der Waals surface area contributed by atoms with Gasteiger partial charge >= 0.3 is 0 Å². The first-order chi connectivity index (χ1) is 8.78. The molecule has 0 N–H and O–H groups in total. The van der Waals surface area contributed by atoms with Gasteiger partial charge in [0.05, 0.1) is 12.0 Å². The van der Waals surface area contributed by atoms with Crippen LogP contribution in [0.3, 0.4) is 0 Å². The third-order valence-electron chi connectivity index (χ3n) is 6.27. The SMILES string of the molecule is CC1CCC2C3=C(CC(C#N)CC3)C3CC3C2C1. The zero-order valence-electron chi connectivity index (χ0n) is 11.4. The van der Waals surface area contributed by atoms with Crippen molar-refractivity contribution in [3.63, 3.8) is 0 Å². The van der Waals surface area contributed by atoms with Crippen molar-refractivity contribution in [1.29, 1.82) is 5.26 Å². The van der Waals surface area contributed by atoms with Crippen LogP contribution in [0.5, 0.6) is 0 Å². The van der Waals surface area contributed by atoms with Gasteiger partial charge in [0, 0.05) is 0 Å². The Morgan fingerprint density at radius 2 is 1.83 bits per heavy atom. The molecule has 4 aliphatic rings. The van der Waals surface area contributed by atoms with Crippen LogP contribution in [0.15, 0.2) is 11.1 Å². The molecule has 2 fully saturated rings. The number of hydrogen-bond acceptors (Lipinski definition) is 1. The van der Waals surface area contributed by atoms with E-state index in [1.807, 2.05) is 5.57 Å². The molecule has 0 aromatic heterocycles. The van der Waals surface area contributed by atoms with Crippen LogP contribution in [0.25, 0.3) is 0 Å². The number of fused-ring (bicyclic) bond motifs is 5. The molecule has 0 bridgehead atoms. The molecular formula is C17H23N. The molecule has 4 aliphatic carbocycles. The van der Waals surface area contributed by atoms with Gasteiger partial charge in [-0.2, -0.15) is 5.26 Å². The van der Waals surface area contributed by atoms with Crippen LogP contribution >= 0.6 is 0 Å². The van der Waals surface area contributed by atoms with E-state index < -0.39 is 0 Å². The van der Waals surface area contributed by atoms with Crippen molar-refractivity contribution in [2.75, 3.05) is 0 Å².